The second kappa shape index (κ2) is 8.47. The largest absolute Gasteiger partial charge is 0.416 e. The van der Waals surface area contributed by atoms with Crippen LogP contribution in [0.1, 0.15) is 21.6 Å². The minimum absolute atomic E-state index is 0.173. The van der Waals surface area contributed by atoms with Crippen LogP contribution in [0, 0.1) is 0 Å². The normalized spacial score (nSPS) is 11.5. The number of fused-ring (bicyclic) bond motifs is 1. The van der Waals surface area contributed by atoms with Gasteiger partial charge in [-0.25, -0.2) is 9.97 Å². The standard InChI is InChI=1S/C22H18F3N5O/c23-22(24,25)15-5-3-6-16(13-15)29-20-18(7-4-10-26-20)21(31)27-11-9-17-14-30-12-2-1-8-19(30)28-17/h1-8,10,12-14H,9,11H2,(H,26,29)(H,27,31). The van der Waals surface area contributed by atoms with Crippen molar-refractivity contribution in [1.82, 2.24) is 19.7 Å². The number of hydrogen-bond donors (Lipinski definition) is 2. The van der Waals surface area contributed by atoms with Crippen LogP contribution in [0.5, 0.6) is 0 Å². The van der Waals surface area contributed by atoms with E-state index in [1.165, 1.54) is 18.3 Å². The molecule has 0 bridgehead atoms. The fourth-order valence-corrected chi connectivity index (χ4v) is 3.11. The summed E-state index contributed by atoms with van der Waals surface area (Å²) < 4.78 is 40.7. The Bertz CT molecular complexity index is 1190. The fourth-order valence-electron chi connectivity index (χ4n) is 3.11. The van der Waals surface area contributed by atoms with Crippen molar-refractivity contribution < 1.29 is 18.0 Å². The Morgan fingerprint density at radius 3 is 2.74 bits per heavy atom. The van der Waals surface area contributed by atoms with Crippen molar-refractivity contribution in [3.8, 4) is 0 Å². The number of aromatic nitrogens is 3. The van der Waals surface area contributed by atoms with Crippen molar-refractivity contribution in [2.75, 3.05) is 11.9 Å². The first-order valence-corrected chi connectivity index (χ1v) is 9.50. The van der Waals surface area contributed by atoms with Crippen molar-refractivity contribution in [2.24, 2.45) is 0 Å². The maximum Gasteiger partial charge on any atom is 0.416 e. The molecule has 4 aromatic rings. The summed E-state index contributed by atoms with van der Waals surface area (Å²) in [4.78, 5) is 21.2. The second-order valence-corrected chi connectivity index (χ2v) is 6.81. The topological polar surface area (TPSA) is 71.3 Å². The molecule has 0 aliphatic heterocycles. The summed E-state index contributed by atoms with van der Waals surface area (Å²) in [6.07, 6.45) is 1.32. The summed E-state index contributed by atoms with van der Waals surface area (Å²) in [5.74, 6) is -0.210. The molecule has 2 N–H and O–H groups in total. The highest BCUT2D eigenvalue weighted by Gasteiger charge is 2.30. The lowest BCUT2D eigenvalue weighted by molar-refractivity contribution is -0.137. The number of halogens is 3. The van der Waals surface area contributed by atoms with Gasteiger partial charge in [0.05, 0.1) is 16.8 Å². The lowest BCUT2D eigenvalue weighted by Crippen LogP contribution is -2.26. The van der Waals surface area contributed by atoms with Crippen molar-refractivity contribution >= 4 is 23.1 Å². The molecule has 1 amide bonds. The van der Waals surface area contributed by atoms with Gasteiger partial charge in [-0.2, -0.15) is 13.2 Å². The number of anilines is 2. The zero-order valence-electron chi connectivity index (χ0n) is 16.2. The van der Waals surface area contributed by atoms with Crippen LogP contribution in [0.15, 0.2) is 73.2 Å². The molecular weight excluding hydrogens is 407 g/mol. The van der Waals surface area contributed by atoms with Gasteiger partial charge in [0.2, 0.25) is 0 Å². The maximum absolute atomic E-state index is 12.9. The van der Waals surface area contributed by atoms with E-state index < -0.39 is 11.7 Å². The molecule has 0 fully saturated rings. The lowest BCUT2D eigenvalue weighted by Gasteiger charge is -2.13. The number of rotatable bonds is 6. The first-order valence-electron chi connectivity index (χ1n) is 9.50. The van der Waals surface area contributed by atoms with E-state index in [0.29, 0.717) is 13.0 Å². The Morgan fingerprint density at radius 1 is 1.06 bits per heavy atom. The highest BCUT2D eigenvalue weighted by Crippen LogP contribution is 2.31. The van der Waals surface area contributed by atoms with Gasteiger partial charge >= 0.3 is 6.18 Å². The molecule has 158 valence electrons. The van der Waals surface area contributed by atoms with Gasteiger partial charge in [-0.05, 0) is 42.5 Å². The molecule has 0 aliphatic rings. The monoisotopic (exact) mass is 425 g/mol. The third kappa shape index (κ3) is 4.82. The molecule has 0 radical (unpaired) electrons. The van der Waals surface area contributed by atoms with E-state index >= 15 is 0 Å². The number of carbonyl (C=O) groups excluding carboxylic acids is 1. The zero-order chi connectivity index (χ0) is 21.8. The smallest absolute Gasteiger partial charge is 0.352 e. The van der Waals surface area contributed by atoms with Gasteiger partial charge in [-0.15, -0.1) is 0 Å². The average Bonchev–Trinajstić information content (AvgIpc) is 3.16. The van der Waals surface area contributed by atoms with Crippen molar-refractivity contribution in [1.29, 1.82) is 0 Å². The molecule has 9 heteroatoms. The minimum Gasteiger partial charge on any atom is -0.352 e. The highest BCUT2D eigenvalue weighted by molar-refractivity contribution is 5.99. The van der Waals surface area contributed by atoms with Gasteiger partial charge in [0.25, 0.3) is 5.91 Å². The summed E-state index contributed by atoms with van der Waals surface area (Å²) >= 11 is 0. The summed E-state index contributed by atoms with van der Waals surface area (Å²) in [6, 6.07) is 13.6. The summed E-state index contributed by atoms with van der Waals surface area (Å²) in [6.45, 7) is 0.348. The van der Waals surface area contributed by atoms with Gasteiger partial charge in [0.15, 0.2) is 0 Å². The molecule has 0 saturated heterocycles. The van der Waals surface area contributed by atoms with Crippen LogP contribution in [0.25, 0.3) is 5.65 Å². The first kappa shape index (κ1) is 20.4. The molecule has 3 heterocycles. The van der Waals surface area contributed by atoms with Crippen LogP contribution in [0.2, 0.25) is 0 Å². The van der Waals surface area contributed by atoms with E-state index in [1.807, 2.05) is 35.0 Å². The second-order valence-electron chi connectivity index (χ2n) is 6.81. The Balaban J connectivity index is 1.43. The van der Waals surface area contributed by atoms with Crippen LogP contribution in [-0.2, 0) is 12.6 Å². The summed E-state index contributed by atoms with van der Waals surface area (Å²) in [5, 5.41) is 5.61. The molecule has 4 rings (SSSR count). The lowest BCUT2D eigenvalue weighted by atomic mass is 10.2. The molecule has 0 atom stereocenters. The third-order valence-corrected chi connectivity index (χ3v) is 4.59. The van der Waals surface area contributed by atoms with E-state index in [2.05, 4.69) is 20.6 Å². The number of alkyl halides is 3. The minimum atomic E-state index is -4.46. The number of nitrogens with zero attached hydrogens (tertiary/aromatic N) is 3. The van der Waals surface area contributed by atoms with Gasteiger partial charge in [-0.3, -0.25) is 4.79 Å². The van der Waals surface area contributed by atoms with Crippen LogP contribution in [0.4, 0.5) is 24.7 Å². The Morgan fingerprint density at radius 2 is 1.94 bits per heavy atom. The number of amides is 1. The van der Waals surface area contributed by atoms with Crippen molar-refractivity contribution in [2.45, 2.75) is 12.6 Å². The van der Waals surface area contributed by atoms with Gasteiger partial charge in [0.1, 0.15) is 11.5 Å². The number of nitrogens with one attached hydrogen (secondary N) is 2. The van der Waals surface area contributed by atoms with E-state index in [1.54, 1.807) is 12.1 Å². The number of imidazole rings is 1. The molecule has 0 unspecified atom stereocenters. The highest BCUT2D eigenvalue weighted by atomic mass is 19.4. The summed E-state index contributed by atoms with van der Waals surface area (Å²) in [7, 11) is 0. The molecule has 0 aliphatic carbocycles. The zero-order valence-corrected chi connectivity index (χ0v) is 16.2. The molecule has 0 saturated carbocycles. The number of benzene rings is 1. The third-order valence-electron chi connectivity index (χ3n) is 4.59. The Hall–Kier alpha value is -3.88. The van der Waals surface area contributed by atoms with Gasteiger partial charge in [-0.1, -0.05) is 12.1 Å². The molecule has 6 nitrogen and oxygen atoms in total. The first-order chi connectivity index (χ1) is 14.9. The Kier molecular flexibility index (Phi) is 5.57. The molecular formula is C22H18F3N5O. The summed E-state index contributed by atoms with van der Waals surface area (Å²) in [5.41, 5.74) is 1.29. The van der Waals surface area contributed by atoms with Crippen LogP contribution >= 0.6 is 0 Å². The predicted molar refractivity (Wildman–Crippen MR) is 110 cm³/mol. The van der Waals surface area contributed by atoms with Crippen molar-refractivity contribution in [3.05, 3.63) is 90.0 Å². The number of pyridine rings is 2. The molecule has 31 heavy (non-hydrogen) atoms. The fraction of sp³-hybridized carbons (Fsp3) is 0.136. The quantitative estimate of drug-likeness (QED) is 0.478. The number of hydrogen-bond acceptors (Lipinski definition) is 4. The predicted octanol–water partition coefficient (Wildman–Crippen LogP) is 4.46. The van der Waals surface area contributed by atoms with Gasteiger partial charge < -0.3 is 15.0 Å². The average molecular weight is 425 g/mol. The Labute approximate surface area is 175 Å². The van der Waals surface area contributed by atoms with E-state index in [-0.39, 0.29) is 23.0 Å². The molecule has 3 aromatic heterocycles. The van der Waals surface area contributed by atoms with Crippen molar-refractivity contribution in [3.63, 3.8) is 0 Å². The number of carbonyl (C=O) groups is 1. The molecule has 1 aromatic carbocycles. The van der Waals surface area contributed by atoms with E-state index in [0.717, 1.165) is 23.5 Å². The van der Waals surface area contributed by atoms with Gasteiger partial charge in [0, 0.05) is 37.2 Å². The SMILES string of the molecule is O=C(NCCc1cn2ccccc2n1)c1cccnc1Nc1cccc(C(F)(F)F)c1. The van der Waals surface area contributed by atoms with Crippen LogP contribution in [0.3, 0.4) is 0 Å². The van der Waals surface area contributed by atoms with E-state index in [4.69, 9.17) is 0 Å². The molecule has 0 spiro atoms. The van der Waals surface area contributed by atoms with Crippen LogP contribution in [-0.4, -0.2) is 26.8 Å². The maximum atomic E-state index is 12.9. The van der Waals surface area contributed by atoms with Crippen LogP contribution < -0.4 is 10.6 Å². The van der Waals surface area contributed by atoms with E-state index in [9.17, 15) is 18.0 Å².